The fraction of sp³-hybridized carbons (Fsp3) is 0.350. The lowest BCUT2D eigenvalue weighted by atomic mass is 9.74. The van der Waals surface area contributed by atoms with Gasteiger partial charge in [-0.2, -0.15) is 0 Å². The van der Waals surface area contributed by atoms with Gasteiger partial charge in [-0.15, -0.1) is 24.0 Å². The minimum atomic E-state index is -0.0212. The Balaban J connectivity index is 0.00000243. The number of rotatable bonds is 5. The molecule has 0 bridgehead atoms. The summed E-state index contributed by atoms with van der Waals surface area (Å²) in [6.45, 7) is 2.14. The topological polar surface area (TPSA) is 68.9 Å². The summed E-state index contributed by atoms with van der Waals surface area (Å²) in [6.07, 6.45) is 1.89. The maximum atomic E-state index is 6.14. The van der Waals surface area contributed by atoms with Crippen LogP contribution in [0.15, 0.2) is 59.6 Å². The van der Waals surface area contributed by atoms with Gasteiger partial charge in [0.2, 0.25) is 0 Å². The number of guanidine groups is 1. The number of nitrogens with two attached hydrogens (primary N) is 1. The van der Waals surface area contributed by atoms with Crippen molar-refractivity contribution in [2.75, 3.05) is 32.2 Å². The molecule has 1 saturated heterocycles. The van der Waals surface area contributed by atoms with Gasteiger partial charge in [0.1, 0.15) is 5.75 Å². The van der Waals surface area contributed by atoms with Gasteiger partial charge < -0.3 is 20.5 Å². The van der Waals surface area contributed by atoms with Crippen LogP contribution in [0.4, 0.5) is 5.69 Å². The number of hydrogen-bond donors (Lipinski definition) is 2. The molecule has 0 amide bonds. The molecule has 5 nitrogen and oxygen atoms in total. The van der Waals surface area contributed by atoms with Gasteiger partial charge in [-0.05, 0) is 30.5 Å². The van der Waals surface area contributed by atoms with Crippen molar-refractivity contribution in [1.29, 1.82) is 0 Å². The Hall–Kier alpha value is -1.80. The number of hydrogen-bond acceptors (Lipinski definition) is 3. The smallest absolute Gasteiger partial charge is 0.193 e. The third-order valence-corrected chi connectivity index (χ3v) is 4.76. The maximum absolute atomic E-state index is 6.14. The summed E-state index contributed by atoms with van der Waals surface area (Å²) in [5, 5.41) is 3.14. The van der Waals surface area contributed by atoms with Gasteiger partial charge in [0, 0.05) is 18.6 Å². The molecule has 0 atom stereocenters. The normalized spacial score (nSPS) is 16.4. The number of nitrogens with zero attached hydrogens (tertiary/aromatic N) is 1. The van der Waals surface area contributed by atoms with Crippen LogP contribution in [-0.2, 0) is 10.2 Å². The molecule has 1 aliphatic heterocycles. The molecule has 0 spiro atoms. The van der Waals surface area contributed by atoms with Crippen LogP contribution in [0.5, 0.6) is 5.75 Å². The molecule has 6 heteroatoms. The maximum Gasteiger partial charge on any atom is 0.193 e. The van der Waals surface area contributed by atoms with Crippen LogP contribution in [0.25, 0.3) is 0 Å². The number of para-hydroxylation sites is 2. The standard InChI is InChI=1S/C20H25N3O2.HI/c1-24-18-10-6-5-9-17(18)23-19(21)22-15-20(11-13-25-14-12-20)16-7-3-2-4-8-16;/h2-10H,11-15H2,1H3,(H3,21,22,23);1H. The minimum Gasteiger partial charge on any atom is -0.495 e. The van der Waals surface area contributed by atoms with Gasteiger partial charge in [-0.25, -0.2) is 0 Å². The SMILES string of the molecule is COc1ccccc1NC(N)=NCC1(c2ccccc2)CCOCC1.I. The van der Waals surface area contributed by atoms with Crippen LogP contribution in [0.1, 0.15) is 18.4 Å². The van der Waals surface area contributed by atoms with Gasteiger partial charge in [-0.1, -0.05) is 42.5 Å². The first kappa shape index (κ1) is 20.5. The molecule has 1 fully saturated rings. The van der Waals surface area contributed by atoms with E-state index in [0.29, 0.717) is 12.5 Å². The zero-order chi connectivity index (χ0) is 17.5. The summed E-state index contributed by atoms with van der Waals surface area (Å²) in [5.74, 6) is 1.13. The molecule has 140 valence electrons. The first-order chi connectivity index (χ1) is 12.2. The number of benzene rings is 2. The molecule has 0 radical (unpaired) electrons. The predicted molar refractivity (Wildman–Crippen MR) is 117 cm³/mol. The highest BCUT2D eigenvalue weighted by atomic mass is 127. The Morgan fingerprint density at radius 1 is 1.12 bits per heavy atom. The second-order valence-corrected chi connectivity index (χ2v) is 6.29. The lowest BCUT2D eigenvalue weighted by Crippen LogP contribution is -2.38. The summed E-state index contributed by atoms with van der Waals surface area (Å²) in [7, 11) is 1.64. The van der Waals surface area contributed by atoms with Crippen LogP contribution in [0.2, 0.25) is 0 Å². The number of aliphatic imine (C=N–C) groups is 1. The lowest BCUT2D eigenvalue weighted by molar-refractivity contribution is 0.0531. The molecule has 26 heavy (non-hydrogen) atoms. The number of ether oxygens (including phenoxy) is 2. The highest BCUT2D eigenvalue weighted by molar-refractivity contribution is 14.0. The molecule has 0 unspecified atom stereocenters. The van der Waals surface area contributed by atoms with Gasteiger partial charge in [-0.3, -0.25) is 4.99 Å². The first-order valence-corrected chi connectivity index (χ1v) is 8.57. The van der Waals surface area contributed by atoms with Gasteiger partial charge >= 0.3 is 0 Å². The van der Waals surface area contributed by atoms with E-state index in [4.69, 9.17) is 15.2 Å². The summed E-state index contributed by atoms with van der Waals surface area (Å²) in [6, 6.07) is 18.2. The molecule has 3 rings (SSSR count). The highest BCUT2D eigenvalue weighted by Gasteiger charge is 2.34. The summed E-state index contributed by atoms with van der Waals surface area (Å²) < 4.78 is 10.9. The third-order valence-electron chi connectivity index (χ3n) is 4.76. The second-order valence-electron chi connectivity index (χ2n) is 6.29. The number of anilines is 1. The number of methoxy groups -OCH3 is 1. The van der Waals surface area contributed by atoms with E-state index in [1.54, 1.807) is 7.11 Å². The fourth-order valence-electron chi connectivity index (χ4n) is 3.25. The van der Waals surface area contributed by atoms with Crippen molar-refractivity contribution in [3.05, 3.63) is 60.2 Å². The van der Waals surface area contributed by atoms with E-state index in [2.05, 4.69) is 34.6 Å². The van der Waals surface area contributed by atoms with Crippen molar-refractivity contribution in [1.82, 2.24) is 0 Å². The molecular formula is C20H26IN3O2. The average molecular weight is 467 g/mol. The van der Waals surface area contributed by atoms with E-state index < -0.39 is 0 Å². The van der Waals surface area contributed by atoms with Crippen molar-refractivity contribution in [2.45, 2.75) is 18.3 Å². The molecule has 1 heterocycles. The molecule has 0 aliphatic carbocycles. The highest BCUT2D eigenvalue weighted by Crippen LogP contribution is 2.35. The molecule has 2 aromatic rings. The zero-order valence-corrected chi connectivity index (χ0v) is 17.3. The lowest BCUT2D eigenvalue weighted by Gasteiger charge is -2.36. The van der Waals surface area contributed by atoms with Gasteiger partial charge in [0.15, 0.2) is 5.96 Å². The average Bonchev–Trinajstić information content (AvgIpc) is 2.68. The van der Waals surface area contributed by atoms with Crippen LogP contribution in [-0.4, -0.2) is 32.8 Å². The van der Waals surface area contributed by atoms with E-state index >= 15 is 0 Å². The largest absolute Gasteiger partial charge is 0.495 e. The molecule has 0 aromatic heterocycles. The van der Waals surface area contributed by atoms with E-state index in [1.165, 1.54) is 5.56 Å². The van der Waals surface area contributed by atoms with Gasteiger partial charge in [0.25, 0.3) is 0 Å². The third kappa shape index (κ3) is 4.88. The Labute approximate surface area is 172 Å². The van der Waals surface area contributed by atoms with Crippen LogP contribution in [0.3, 0.4) is 0 Å². The van der Waals surface area contributed by atoms with Crippen molar-refractivity contribution in [3.63, 3.8) is 0 Å². The van der Waals surface area contributed by atoms with E-state index in [1.807, 2.05) is 30.3 Å². The van der Waals surface area contributed by atoms with Crippen LogP contribution >= 0.6 is 24.0 Å². The molecule has 2 aromatic carbocycles. The van der Waals surface area contributed by atoms with Crippen LogP contribution in [0, 0.1) is 0 Å². The van der Waals surface area contributed by atoms with Crippen molar-refractivity contribution >= 4 is 35.6 Å². The monoisotopic (exact) mass is 467 g/mol. The predicted octanol–water partition coefficient (Wildman–Crippen LogP) is 3.79. The Morgan fingerprint density at radius 3 is 2.46 bits per heavy atom. The quantitative estimate of drug-likeness (QED) is 0.399. The fourth-order valence-corrected chi connectivity index (χ4v) is 3.25. The number of halogens is 1. The molecular weight excluding hydrogens is 441 g/mol. The first-order valence-electron chi connectivity index (χ1n) is 8.57. The summed E-state index contributed by atoms with van der Waals surface area (Å²) in [4.78, 5) is 4.64. The molecule has 0 saturated carbocycles. The second kappa shape index (κ2) is 9.78. The van der Waals surface area contributed by atoms with E-state index in [-0.39, 0.29) is 29.4 Å². The summed E-state index contributed by atoms with van der Waals surface area (Å²) >= 11 is 0. The van der Waals surface area contributed by atoms with E-state index in [9.17, 15) is 0 Å². The Bertz CT molecular complexity index is 716. The van der Waals surface area contributed by atoms with Gasteiger partial charge in [0.05, 0.1) is 19.3 Å². The molecule has 1 aliphatic rings. The van der Waals surface area contributed by atoms with Crippen LogP contribution < -0.4 is 15.8 Å². The minimum absolute atomic E-state index is 0. The van der Waals surface area contributed by atoms with E-state index in [0.717, 1.165) is 37.5 Å². The Morgan fingerprint density at radius 2 is 1.77 bits per heavy atom. The number of nitrogens with one attached hydrogen (secondary N) is 1. The Kier molecular flexibility index (Phi) is 7.71. The van der Waals surface area contributed by atoms with Crippen molar-refractivity contribution in [2.24, 2.45) is 10.7 Å². The molecule has 3 N–H and O–H groups in total. The van der Waals surface area contributed by atoms with Crippen molar-refractivity contribution < 1.29 is 9.47 Å². The zero-order valence-electron chi connectivity index (χ0n) is 15.0. The summed E-state index contributed by atoms with van der Waals surface area (Å²) in [5.41, 5.74) is 8.22. The van der Waals surface area contributed by atoms with Crippen molar-refractivity contribution in [3.8, 4) is 5.75 Å².